The van der Waals surface area contributed by atoms with E-state index in [4.69, 9.17) is 9.15 Å². The molecule has 30 heavy (non-hydrogen) atoms. The zero-order valence-corrected chi connectivity index (χ0v) is 16.7. The molecule has 0 spiro atoms. The Balaban J connectivity index is 1.47. The average Bonchev–Trinajstić information content (AvgIpc) is 3.15. The molecule has 0 aliphatic rings. The van der Waals surface area contributed by atoms with Gasteiger partial charge in [-0.25, -0.2) is 9.37 Å². The zero-order chi connectivity index (χ0) is 21.1. The molecule has 4 aromatic rings. The largest absolute Gasteiger partial charge is 0.483 e. The summed E-state index contributed by atoms with van der Waals surface area (Å²) in [6.07, 6.45) is 0. The second kappa shape index (κ2) is 8.37. The Morgan fingerprint density at radius 2 is 1.77 bits per heavy atom. The van der Waals surface area contributed by atoms with Crippen molar-refractivity contribution in [2.75, 3.05) is 6.61 Å². The molecular weight excluding hydrogens is 383 g/mol. The van der Waals surface area contributed by atoms with Crippen LogP contribution in [0, 0.1) is 19.7 Å². The van der Waals surface area contributed by atoms with Gasteiger partial charge in [0.2, 0.25) is 5.89 Å². The number of amides is 1. The van der Waals surface area contributed by atoms with E-state index in [1.807, 2.05) is 44.2 Å². The van der Waals surface area contributed by atoms with Crippen LogP contribution in [0.2, 0.25) is 0 Å². The molecular formula is C24H21FN2O3. The Hall–Kier alpha value is -3.67. The molecule has 0 aliphatic heterocycles. The Bertz CT molecular complexity index is 1200. The van der Waals surface area contributed by atoms with Crippen molar-refractivity contribution in [1.29, 1.82) is 0 Å². The molecule has 0 saturated carbocycles. The lowest BCUT2D eigenvalue weighted by atomic mass is 10.1. The standard InChI is InChI=1S/C24H21FN2O3/c1-15-4-10-21(29-14-23(28)26-13-17-5-7-18(25)8-6-17)19(11-15)24-27-20-9-3-16(2)12-22(20)30-24/h3-12H,13-14H2,1-2H3,(H,26,28). The van der Waals surface area contributed by atoms with E-state index < -0.39 is 0 Å². The van der Waals surface area contributed by atoms with Gasteiger partial charge in [0.25, 0.3) is 5.91 Å². The number of nitrogens with zero attached hydrogens (tertiary/aromatic N) is 1. The van der Waals surface area contributed by atoms with E-state index in [2.05, 4.69) is 10.3 Å². The highest BCUT2D eigenvalue weighted by molar-refractivity contribution is 5.79. The number of rotatable bonds is 6. The lowest BCUT2D eigenvalue weighted by Crippen LogP contribution is -2.28. The van der Waals surface area contributed by atoms with Crippen LogP contribution in [0.5, 0.6) is 5.75 Å². The van der Waals surface area contributed by atoms with Crippen molar-refractivity contribution >= 4 is 17.0 Å². The molecule has 3 aromatic carbocycles. The van der Waals surface area contributed by atoms with Crippen molar-refractivity contribution in [2.45, 2.75) is 20.4 Å². The Kier molecular flexibility index (Phi) is 5.48. The maximum Gasteiger partial charge on any atom is 0.258 e. The van der Waals surface area contributed by atoms with Crippen molar-refractivity contribution in [3.05, 3.63) is 83.2 Å². The van der Waals surface area contributed by atoms with E-state index in [0.29, 0.717) is 29.3 Å². The fraction of sp³-hybridized carbons (Fsp3) is 0.167. The number of ether oxygens (including phenoxy) is 1. The van der Waals surface area contributed by atoms with Gasteiger partial charge in [0.1, 0.15) is 17.1 Å². The van der Waals surface area contributed by atoms with Crippen LogP contribution < -0.4 is 10.1 Å². The predicted molar refractivity (Wildman–Crippen MR) is 113 cm³/mol. The van der Waals surface area contributed by atoms with Crippen LogP contribution in [0.25, 0.3) is 22.6 Å². The number of carbonyl (C=O) groups is 1. The van der Waals surface area contributed by atoms with Crippen LogP contribution in [-0.4, -0.2) is 17.5 Å². The molecule has 152 valence electrons. The number of aryl methyl sites for hydroxylation is 2. The SMILES string of the molecule is Cc1ccc(OCC(=O)NCc2ccc(F)cc2)c(-c2nc3ccc(C)cc3o2)c1. The first-order valence-electron chi connectivity index (χ1n) is 9.60. The van der Waals surface area contributed by atoms with Gasteiger partial charge in [-0.2, -0.15) is 0 Å². The normalized spacial score (nSPS) is 10.9. The third-order valence-corrected chi connectivity index (χ3v) is 4.67. The molecule has 0 saturated heterocycles. The van der Waals surface area contributed by atoms with E-state index in [9.17, 15) is 9.18 Å². The van der Waals surface area contributed by atoms with Crippen molar-refractivity contribution in [2.24, 2.45) is 0 Å². The van der Waals surface area contributed by atoms with E-state index in [-0.39, 0.29) is 18.3 Å². The van der Waals surface area contributed by atoms with E-state index in [1.165, 1.54) is 12.1 Å². The molecule has 0 fully saturated rings. The first-order valence-corrected chi connectivity index (χ1v) is 9.60. The number of benzene rings is 3. The number of hydrogen-bond donors (Lipinski definition) is 1. The van der Waals surface area contributed by atoms with Crippen LogP contribution in [0.15, 0.2) is 65.1 Å². The molecule has 1 aromatic heterocycles. The van der Waals surface area contributed by atoms with Gasteiger partial charge in [0, 0.05) is 6.54 Å². The van der Waals surface area contributed by atoms with Gasteiger partial charge < -0.3 is 14.5 Å². The predicted octanol–water partition coefficient (Wildman–Crippen LogP) is 4.95. The number of nitrogens with one attached hydrogen (secondary N) is 1. The van der Waals surface area contributed by atoms with E-state index >= 15 is 0 Å². The second-order valence-electron chi connectivity index (χ2n) is 7.18. The maximum atomic E-state index is 13.0. The lowest BCUT2D eigenvalue weighted by molar-refractivity contribution is -0.123. The number of aromatic nitrogens is 1. The number of carbonyl (C=O) groups excluding carboxylic acids is 1. The summed E-state index contributed by atoms with van der Waals surface area (Å²) in [4.78, 5) is 16.8. The van der Waals surface area contributed by atoms with Gasteiger partial charge in [-0.1, -0.05) is 29.8 Å². The summed E-state index contributed by atoms with van der Waals surface area (Å²) in [5.41, 5.74) is 5.08. The monoisotopic (exact) mass is 404 g/mol. The Morgan fingerprint density at radius 1 is 1.03 bits per heavy atom. The van der Waals surface area contributed by atoms with Gasteiger partial charge in [-0.05, 0) is 61.4 Å². The molecule has 4 rings (SSSR count). The average molecular weight is 404 g/mol. The van der Waals surface area contributed by atoms with Gasteiger partial charge in [0.15, 0.2) is 12.2 Å². The summed E-state index contributed by atoms with van der Waals surface area (Å²) in [5, 5.41) is 2.76. The lowest BCUT2D eigenvalue weighted by Gasteiger charge is -2.11. The fourth-order valence-electron chi connectivity index (χ4n) is 3.08. The number of hydrogen-bond acceptors (Lipinski definition) is 4. The highest BCUT2D eigenvalue weighted by Crippen LogP contribution is 2.33. The smallest absolute Gasteiger partial charge is 0.258 e. The summed E-state index contributed by atoms with van der Waals surface area (Å²) >= 11 is 0. The maximum absolute atomic E-state index is 13.0. The molecule has 0 bridgehead atoms. The van der Waals surface area contributed by atoms with Gasteiger partial charge >= 0.3 is 0 Å². The molecule has 1 N–H and O–H groups in total. The quantitative estimate of drug-likeness (QED) is 0.494. The molecule has 1 amide bonds. The van der Waals surface area contributed by atoms with E-state index in [0.717, 1.165) is 22.2 Å². The minimum atomic E-state index is -0.310. The third-order valence-electron chi connectivity index (χ3n) is 4.67. The summed E-state index contributed by atoms with van der Waals surface area (Å²) in [5.74, 6) is 0.371. The molecule has 0 aliphatic carbocycles. The van der Waals surface area contributed by atoms with Gasteiger partial charge in [-0.15, -0.1) is 0 Å². The highest BCUT2D eigenvalue weighted by Gasteiger charge is 2.15. The summed E-state index contributed by atoms with van der Waals surface area (Å²) in [6.45, 7) is 4.10. The minimum absolute atomic E-state index is 0.156. The molecule has 0 unspecified atom stereocenters. The van der Waals surface area contributed by atoms with Crippen LogP contribution >= 0.6 is 0 Å². The van der Waals surface area contributed by atoms with Gasteiger partial charge in [-0.3, -0.25) is 4.79 Å². The number of oxazole rings is 1. The molecule has 0 atom stereocenters. The van der Waals surface area contributed by atoms with E-state index in [1.54, 1.807) is 18.2 Å². The van der Waals surface area contributed by atoms with Crippen molar-refractivity contribution in [1.82, 2.24) is 10.3 Å². The van der Waals surface area contributed by atoms with Crippen LogP contribution in [-0.2, 0) is 11.3 Å². The molecule has 1 heterocycles. The Labute approximate surface area is 173 Å². The number of halogens is 1. The summed E-state index contributed by atoms with van der Waals surface area (Å²) in [7, 11) is 0. The topological polar surface area (TPSA) is 64.4 Å². The first-order chi connectivity index (χ1) is 14.5. The summed E-state index contributed by atoms with van der Waals surface area (Å²) < 4.78 is 24.7. The highest BCUT2D eigenvalue weighted by atomic mass is 19.1. The first kappa shape index (κ1) is 19.6. The Morgan fingerprint density at radius 3 is 2.57 bits per heavy atom. The van der Waals surface area contributed by atoms with Crippen LogP contribution in [0.3, 0.4) is 0 Å². The molecule has 0 radical (unpaired) electrons. The van der Waals surface area contributed by atoms with Crippen molar-refractivity contribution in [3.8, 4) is 17.2 Å². The molecule has 5 nitrogen and oxygen atoms in total. The van der Waals surface area contributed by atoms with Crippen LogP contribution in [0.4, 0.5) is 4.39 Å². The zero-order valence-electron chi connectivity index (χ0n) is 16.7. The third kappa shape index (κ3) is 4.49. The number of fused-ring (bicyclic) bond motifs is 1. The fourth-order valence-corrected chi connectivity index (χ4v) is 3.08. The second-order valence-corrected chi connectivity index (χ2v) is 7.18. The van der Waals surface area contributed by atoms with Crippen LogP contribution in [0.1, 0.15) is 16.7 Å². The van der Waals surface area contributed by atoms with Crippen molar-refractivity contribution < 1.29 is 18.3 Å². The minimum Gasteiger partial charge on any atom is -0.483 e. The molecule has 6 heteroatoms. The van der Waals surface area contributed by atoms with Gasteiger partial charge in [0.05, 0.1) is 5.56 Å². The summed E-state index contributed by atoms with van der Waals surface area (Å²) in [6, 6.07) is 17.4. The van der Waals surface area contributed by atoms with Crippen molar-refractivity contribution in [3.63, 3.8) is 0 Å².